The van der Waals surface area contributed by atoms with Crippen LogP contribution in [0.4, 0.5) is 5.82 Å². The molecule has 2 aromatic heterocycles. The number of nitrogens with zero attached hydrogens (tertiary/aromatic N) is 3. The molecule has 0 amide bonds. The summed E-state index contributed by atoms with van der Waals surface area (Å²) in [6.07, 6.45) is 2.10. The van der Waals surface area contributed by atoms with Gasteiger partial charge >= 0.3 is 0 Å². The second-order valence-corrected chi connectivity index (χ2v) is 6.23. The van der Waals surface area contributed by atoms with Crippen molar-refractivity contribution in [2.24, 2.45) is 5.92 Å². The number of rotatable bonds is 7. The van der Waals surface area contributed by atoms with E-state index in [0.717, 1.165) is 31.1 Å². The maximum absolute atomic E-state index is 4.89. The van der Waals surface area contributed by atoms with Crippen LogP contribution in [-0.4, -0.2) is 28.5 Å². The molecule has 0 fully saturated rings. The second kappa shape index (κ2) is 6.94. The van der Waals surface area contributed by atoms with Gasteiger partial charge in [0.2, 0.25) is 0 Å². The average Bonchev–Trinajstić information content (AvgIpc) is 2.80. The van der Waals surface area contributed by atoms with Crippen molar-refractivity contribution < 1.29 is 0 Å². The third-order valence-electron chi connectivity index (χ3n) is 3.61. The molecule has 0 spiro atoms. The molecule has 21 heavy (non-hydrogen) atoms. The summed E-state index contributed by atoms with van der Waals surface area (Å²) in [4.78, 5) is 7.31. The molecule has 0 atom stereocenters. The highest BCUT2D eigenvalue weighted by atomic mass is 15.3. The van der Waals surface area contributed by atoms with Crippen LogP contribution in [0.1, 0.15) is 40.3 Å². The zero-order chi connectivity index (χ0) is 15.4. The minimum atomic E-state index is 0.442. The normalized spacial score (nSPS) is 11.8. The first kappa shape index (κ1) is 15.8. The van der Waals surface area contributed by atoms with Crippen molar-refractivity contribution in [3.63, 3.8) is 0 Å². The Labute approximate surface area is 128 Å². The van der Waals surface area contributed by atoms with Crippen LogP contribution in [0.3, 0.4) is 0 Å². The molecule has 0 aliphatic heterocycles. The number of imidazole rings is 1. The smallest absolute Gasteiger partial charge is 0.152 e. The standard InChI is InChI=1S/C17H28N4/c1-6-18-11-15-17(21(14(4)5)12-13(2)3)19-16-9-7-8-10-20(15)16/h7-10,13-14,18H,6,11-12H2,1-5H3. The van der Waals surface area contributed by atoms with Crippen molar-refractivity contribution in [3.8, 4) is 0 Å². The van der Waals surface area contributed by atoms with Crippen LogP contribution in [0.15, 0.2) is 24.4 Å². The number of anilines is 1. The van der Waals surface area contributed by atoms with Gasteiger partial charge in [-0.1, -0.05) is 26.8 Å². The maximum Gasteiger partial charge on any atom is 0.152 e. The highest BCUT2D eigenvalue weighted by Crippen LogP contribution is 2.24. The molecule has 116 valence electrons. The van der Waals surface area contributed by atoms with Crippen molar-refractivity contribution in [2.45, 2.75) is 47.2 Å². The molecule has 4 heteroatoms. The number of hydrogen-bond donors (Lipinski definition) is 1. The van der Waals surface area contributed by atoms with Crippen molar-refractivity contribution in [1.82, 2.24) is 14.7 Å². The van der Waals surface area contributed by atoms with Crippen LogP contribution in [0, 0.1) is 5.92 Å². The fourth-order valence-corrected chi connectivity index (χ4v) is 2.61. The summed E-state index contributed by atoms with van der Waals surface area (Å²) in [5.41, 5.74) is 2.27. The zero-order valence-corrected chi connectivity index (χ0v) is 13.9. The second-order valence-electron chi connectivity index (χ2n) is 6.23. The van der Waals surface area contributed by atoms with E-state index in [4.69, 9.17) is 4.98 Å². The molecule has 2 heterocycles. The van der Waals surface area contributed by atoms with Gasteiger partial charge < -0.3 is 14.6 Å². The van der Waals surface area contributed by atoms with Gasteiger partial charge in [-0.3, -0.25) is 0 Å². The summed E-state index contributed by atoms with van der Waals surface area (Å²) >= 11 is 0. The first-order chi connectivity index (χ1) is 10.0. The molecule has 0 unspecified atom stereocenters. The fraction of sp³-hybridized carbons (Fsp3) is 0.588. The van der Waals surface area contributed by atoms with Crippen LogP contribution in [0.25, 0.3) is 5.65 Å². The van der Waals surface area contributed by atoms with Crippen LogP contribution in [-0.2, 0) is 6.54 Å². The van der Waals surface area contributed by atoms with Gasteiger partial charge in [0.15, 0.2) is 5.82 Å². The summed E-state index contributed by atoms with van der Waals surface area (Å²) < 4.78 is 2.20. The predicted molar refractivity (Wildman–Crippen MR) is 89.9 cm³/mol. The van der Waals surface area contributed by atoms with E-state index in [2.05, 4.69) is 67.6 Å². The van der Waals surface area contributed by atoms with Crippen LogP contribution < -0.4 is 10.2 Å². The molecular formula is C17H28N4. The third kappa shape index (κ3) is 3.56. The lowest BCUT2D eigenvalue weighted by atomic mass is 10.1. The lowest BCUT2D eigenvalue weighted by Gasteiger charge is -2.29. The molecular weight excluding hydrogens is 260 g/mol. The summed E-state index contributed by atoms with van der Waals surface area (Å²) in [5.74, 6) is 1.73. The highest BCUT2D eigenvalue weighted by molar-refractivity contribution is 5.56. The Morgan fingerprint density at radius 3 is 2.62 bits per heavy atom. The van der Waals surface area contributed by atoms with E-state index in [9.17, 15) is 0 Å². The largest absolute Gasteiger partial charge is 0.352 e. The van der Waals surface area contributed by atoms with Crippen LogP contribution in [0.2, 0.25) is 0 Å². The predicted octanol–water partition coefficient (Wildman–Crippen LogP) is 3.31. The van der Waals surface area contributed by atoms with E-state index >= 15 is 0 Å². The van der Waals surface area contributed by atoms with Crippen molar-refractivity contribution in [1.29, 1.82) is 0 Å². The van der Waals surface area contributed by atoms with Gasteiger partial charge in [0.05, 0.1) is 5.69 Å². The first-order valence-electron chi connectivity index (χ1n) is 7.97. The highest BCUT2D eigenvalue weighted by Gasteiger charge is 2.20. The Morgan fingerprint density at radius 2 is 2.00 bits per heavy atom. The van der Waals surface area contributed by atoms with Crippen molar-refractivity contribution in [2.75, 3.05) is 18.0 Å². The molecule has 1 N–H and O–H groups in total. The van der Waals surface area contributed by atoms with Crippen LogP contribution in [0.5, 0.6) is 0 Å². The molecule has 0 aromatic carbocycles. The average molecular weight is 288 g/mol. The number of aromatic nitrogens is 2. The summed E-state index contributed by atoms with van der Waals surface area (Å²) in [7, 11) is 0. The minimum absolute atomic E-state index is 0.442. The molecule has 0 aliphatic rings. The zero-order valence-electron chi connectivity index (χ0n) is 13.9. The van der Waals surface area contributed by atoms with E-state index in [0.29, 0.717) is 12.0 Å². The molecule has 0 radical (unpaired) electrons. The Morgan fingerprint density at radius 1 is 1.24 bits per heavy atom. The lowest BCUT2D eigenvalue weighted by Crippen LogP contribution is -2.35. The van der Waals surface area contributed by atoms with Crippen LogP contribution >= 0.6 is 0 Å². The number of nitrogens with one attached hydrogen (secondary N) is 1. The summed E-state index contributed by atoms with van der Waals surface area (Å²) in [6, 6.07) is 6.63. The summed E-state index contributed by atoms with van der Waals surface area (Å²) in [6.45, 7) is 14.0. The first-order valence-corrected chi connectivity index (χ1v) is 7.97. The molecule has 2 aromatic rings. The quantitative estimate of drug-likeness (QED) is 0.848. The van der Waals surface area contributed by atoms with E-state index in [1.54, 1.807) is 0 Å². The minimum Gasteiger partial charge on any atom is -0.352 e. The van der Waals surface area contributed by atoms with E-state index < -0.39 is 0 Å². The van der Waals surface area contributed by atoms with Gasteiger partial charge in [0.25, 0.3) is 0 Å². The topological polar surface area (TPSA) is 32.6 Å². The number of pyridine rings is 1. The summed E-state index contributed by atoms with van der Waals surface area (Å²) in [5, 5.41) is 3.44. The Bertz CT molecular complexity index is 571. The molecule has 2 rings (SSSR count). The van der Waals surface area contributed by atoms with Crippen molar-refractivity contribution >= 4 is 11.5 Å². The van der Waals surface area contributed by atoms with Gasteiger partial charge in [-0.2, -0.15) is 0 Å². The Hall–Kier alpha value is -1.55. The Balaban J connectivity index is 2.48. The lowest BCUT2D eigenvalue weighted by molar-refractivity contribution is 0.563. The molecule has 0 bridgehead atoms. The SMILES string of the molecule is CCNCc1c(N(CC(C)C)C(C)C)nc2ccccn12. The van der Waals surface area contributed by atoms with Gasteiger partial charge in [0, 0.05) is 25.3 Å². The monoisotopic (exact) mass is 288 g/mol. The molecule has 4 nitrogen and oxygen atoms in total. The van der Waals surface area contributed by atoms with E-state index in [1.165, 1.54) is 5.69 Å². The number of hydrogen-bond acceptors (Lipinski definition) is 3. The third-order valence-corrected chi connectivity index (χ3v) is 3.61. The van der Waals surface area contributed by atoms with Gasteiger partial charge in [-0.25, -0.2) is 4.98 Å². The molecule has 0 saturated heterocycles. The number of fused-ring (bicyclic) bond motifs is 1. The van der Waals surface area contributed by atoms with Gasteiger partial charge in [-0.05, 0) is 38.4 Å². The maximum atomic E-state index is 4.89. The molecule has 0 saturated carbocycles. The van der Waals surface area contributed by atoms with E-state index in [1.807, 2.05) is 6.07 Å². The Kier molecular flexibility index (Phi) is 5.23. The fourth-order valence-electron chi connectivity index (χ4n) is 2.61. The van der Waals surface area contributed by atoms with Gasteiger partial charge in [-0.15, -0.1) is 0 Å². The van der Waals surface area contributed by atoms with Gasteiger partial charge in [0.1, 0.15) is 5.65 Å². The molecule has 0 aliphatic carbocycles. The van der Waals surface area contributed by atoms with Crippen molar-refractivity contribution in [3.05, 3.63) is 30.1 Å². The van der Waals surface area contributed by atoms with E-state index in [-0.39, 0.29) is 0 Å².